The quantitative estimate of drug-likeness (QED) is 0.758. The maximum Gasteiger partial charge on any atom is 0.243 e. The van der Waals surface area contributed by atoms with Crippen LogP contribution in [0.25, 0.3) is 0 Å². The van der Waals surface area contributed by atoms with Gasteiger partial charge in [-0.05, 0) is 48.1 Å². The Morgan fingerprint density at radius 2 is 2.00 bits per heavy atom. The van der Waals surface area contributed by atoms with Gasteiger partial charge >= 0.3 is 0 Å². The van der Waals surface area contributed by atoms with Crippen LogP contribution >= 0.6 is 11.3 Å². The van der Waals surface area contributed by atoms with Gasteiger partial charge in [0.05, 0.1) is 11.3 Å². The summed E-state index contributed by atoms with van der Waals surface area (Å²) >= 11 is 1.58. The number of carbonyl (C=O) groups excluding carboxylic acids is 1. The second kappa shape index (κ2) is 7.90. The molecule has 2 heterocycles. The highest BCUT2D eigenvalue weighted by Crippen LogP contribution is 2.31. The van der Waals surface area contributed by atoms with Crippen molar-refractivity contribution >= 4 is 33.0 Å². The van der Waals surface area contributed by atoms with E-state index in [1.54, 1.807) is 34.4 Å². The number of fused-ring (bicyclic) bond motifs is 1. The fourth-order valence-electron chi connectivity index (χ4n) is 3.36. The van der Waals surface area contributed by atoms with Crippen molar-refractivity contribution in [3.63, 3.8) is 0 Å². The van der Waals surface area contributed by atoms with Crippen LogP contribution in [0.4, 0.5) is 5.69 Å². The third-order valence-corrected chi connectivity index (χ3v) is 7.64. The molecule has 1 aromatic carbocycles. The topological polar surface area (TPSA) is 57.7 Å². The van der Waals surface area contributed by atoms with Gasteiger partial charge in [0, 0.05) is 30.2 Å². The van der Waals surface area contributed by atoms with E-state index in [-0.39, 0.29) is 5.91 Å². The lowest BCUT2D eigenvalue weighted by Crippen LogP contribution is -2.36. The average molecular weight is 393 g/mol. The Bertz CT molecular complexity index is 872. The first-order valence-corrected chi connectivity index (χ1v) is 11.2. The SMILES string of the molecule is CCN(CC)S(=O)(=O)c1ccc2c(c1)CCCN2C(=O)Cc1cccs1. The maximum absolute atomic E-state index is 12.8. The summed E-state index contributed by atoms with van der Waals surface area (Å²) < 4.78 is 27.0. The predicted octanol–water partition coefficient (Wildman–Crippen LogP) is 3.30. The molecule has 0 bridgehead atoms. The molecule has 0 fully saturated rings. The maximum atomic E-state index is 12.8. The molecule has 2 aromatic rings. The van der Waals surface area contributed by atoms with Crippen molar-refractivity contribution in [2.24, 2.45) is 0 Å². The molecular formula is C19H24N2O3S2. The summed E-state index contributed by atoms with van der Waals surface area (Å²) in [6.45, 7) is 5.25. The molecule has 0 spiro atoms. The Morgan fingerprint density at radius 1 is 1.23 bits per heavy atom. The van der Waals surface area contributed by atoms with E-state index in [0.717, 1.165) is 29.0 Å². The first-order chi connectivity index (χ1) is 12.5. The summed E-state index contributed by atoms with van der Waals surface area (Å²) in [6, 6.07) is 9.07. The van der Waals surface area contributed by atoms with Crippen LogP contribution in [0.15, 0.2) is 40.6 Å². The Kier molecular flexibility index (Phi) is 5.79. The van der Waals surface area contributed by atoms with Crippen LogP contribution in [0.1, 0.15) is 30.7 Å². The lowest BCUT2D eigenvalue weighted by molar-refractivity contribution is -0.118. The molecule has 5 nitrogen and oxygen atoms in total. The molecule has 1 aromatic heterocycles. The summed E-state index contributed by atoms with van der Waals surface area (Å²) in [7, 11) is -3.48. The van der Waals surface area contributed by atoms with Gasteiger partial charge in [0.1, 0.15) is 0 Å². The number of hydrogen-bond donors (Lipinski definition) is 0. The molecule has 0 atom stereocenters. The molecule has 1 aliphatic heterocycles. The van der Waals surface area contributed by atoms with Gasteiger partial charge in [0.2, 0.25) is 15.9 Å². The summed E-state index contributed by atoms with van der Waals surface area (Å²) in [5.41, 5.74) is 1.78. The highest BCUT2D eigenvalue weighted by atomic mass is 32.2. The van der Waals surface area contributed by atoms with Crippen LogP contribution in [0.2, 0.25) is 0 Å². The second-order valence-electron chi connectivity index (χ2n) is 6.28. The summed E-state index contributed by atoms with van der Waals surface area (Å²) in [5.74, 6) is 0.0627. The smallest absolute Gasteiger partial charge is 0.243 e. The average Bonchev–Trinajstić information content (AvgIpc) is 3.14. The van der Waals surface area contributed by atoms with Crippen molar-refractivity contribution in [2.75, 3.05) is 24.5 Å². The van der Waals surface area contributed by atoms with Crippen LogP contribution in [0, 0.1) is 0 Å². The zero-order valence-electron chi connectivity index (χ0n) is 15.1. The zero-order chi connectivity index (χ0) is 18.7. The fraction of sp³-hybridized carbons (Fsp3) is 0.421. The van der Waals surface area contributed by atoms with Crippen molar-refractivity contribution in [3.05, 3.63) is 46.2 Å². The zero-order valence-corrected chi connectivity index (χ0v) is 16.8. The monoisotopic (exact) mass is 392 g/mol. The predicted molar refractivity (Wildman–Crippen MR) is 105 cm³/mol. The van der Waals surface area contributed by atoms with Gasteiger partial charge in [-0.1, -0.05) is 19.9 Å². The minimum Gasteiger partial charge on any atom is -0.312 e. The molecule has 0 radical (unpaired) electrons. The Labute approximate surface area is 159 Å². The minimum absolute atomic E-state index is 0.0627. The van der Waals surface area contributed by atoms with Gasteiger partial charge in [-0.3, -0.25) is 4.79 Å². The second-order valence-corrected chi connectivity index (χ2v) is 9.26. The van der Waals surface area contributed by atoms with Gasteiger partial charge in [0.25, 0.3) is 0 Å². The van der Waals surface area contributed by atoms with E-state index in [4.69, 9.17) is 0 Å². The Hall–Kier alpha value is -1.70. The number of thiophene rings is 1. The van der Waals surface area contributed by atoms with E-state index in [1.807, 2.05) is 31.4 Å². The largest absolute Gasteiger partial charge is 0.312 e. The number of aryl methyl sites for hydroxylation is 1. The molecule has 0 aliphatic carbocycles. The molecule has 1 amide bonds. The Balaban J connectivity index is 1.89. The summed E-state index contributed by atoms with van der Waals surface area (Å²) in [4.78, 5) is 15.9. The third-order valence-electron chi connectivity index (χ3n) is 4.72. The van der Waals surface area contributed by atoms with Crippen molar-refractivity contribution < 1.29 is 13.2 Å². The number of amides is 1. The van der Waals surface area contributed by atoms with Gasteiger partial charge in [-0.15, -0.1) is 11.3 Å². The van der Waals surface area contributed by atoms with Crippen LogP contribution in [0.5, 0.6) is 0 Å². The third kappa shape index (κ3) is 3.70. The highest BCUT2D eigenvalue weighted by molar-refractivity contribution is 7.89. The van der Waals surface area contributed by atoms with Crippen LogP contribution in [-0.2, 0) is 27.7 Å². The summed E-state index contributed by atoms with van der Waals surface area (Å²) in [5, 5.41) is 1.97. The number of carbonyl (C=O) groups is 1. The minimum atomic E-state index is -3.48. The molecule has 1 aliphatic rings. The van der Waals surface area contributed by atoms with Crippen LogP contribution in [0.3, 0.4) is 0 Å². The van der Waals surface area contributed by atoms with Crippen molar-refractivity contribution in [1.29, 1.82) is 0 Å². The number of rotatable bonds is 6. The van der Waals surface area contributed by atoms with Gasteiger partial charge in [0.15, 0.2) is 0 Å². The molecular weight excluding hydrogens is 368 g/mol. The van der Waals surface area contributed by atoms with Crippen LogP contribution < -0.4 is 4.90 Å². The highest BCUT2D eigenvalue weighted by Gasteiger charge is 2.27. The van der Waals surface area contributed by atoms with Crippen LogP contribution in [-0.4, -0.2) is 38.3 Å². The van der Waals surface area contributed by atoms with E-state index in [9.17, 15) is 13.2 Å². The first-order valence-electron chi connectivity index (χ1n) is 8.93. The molecule has 0 saturated heterocycles. The van der Waals surface area contributed by atoms with E-state index in [2.05, 4.69) is 0 Å². The van der Waals surface area contributed by atoms with Crippen molar-refractivity contribution in [3.8, 4) is 0 Å². The number of anilines is 1. The van der Waals surface area contributed by atoms with Gasteiger partial charge < -0.3 is 4.90 Å². The first kappa shape index (κ1) is 19.1. The molecule has 3 rings (SSSR count). The number of benzene rings is 1. The molecule has 7 heteroatoms. The molecule has 0 saturated carbocycles. The van der Waals surface area contributed by atoms with Gasteiger partial charge in [-0.2, -0.15) is 4.31 Å². The number of hydrogen-bond acceptors (Lipinski definition) is 4. The summed E-state index contributed by atoms with van der Waals surface area (Å²) in [6.07, 6.45) is 2.02. The number of nitrogens with zero attached hydrogens (tertiary/aromatic N) is 2. The normalized spacial score (nSPS) is 14.5. The lowest BCUT2D eigenvalue weighted by atomic mass is 10.0. The molecule has 140 valence electrons. The fourth-order valence-corrected chi connectivity index (χ4v) is 5.57. The van der Waals surface area contributed by atoms with Crippen molar-refractivity contribution in [2.45, 2.75) is 38.0 Å². The standard InChI is InChI=1S/C19H24N2O3S2/c1-3-20(4-2)26(23,24)17-9-10-18-15(13-17)7-5-11-21(18)19(22)14-16-8-6-12-25-16/h6,8-10,12-13H,3-5,7,11,14H2,1-2H3. The van der Waals surface area contributed by atoms with Gasteiger partial charge in [-0.25, -0.2) is 8.42 Å². The van der Waals surface area contributed by atoms with E-state index >= 15 is 0 Å². The molecule has 26 heavy (non-hydrogen) atoms. The van der Waals surface area contributed by atoms with E-state index < -0.39 is 10.0 Å². The van der Waals surface area contributed by atoms with Crippen molar-refractivity contribution in [1.82, 2.24) is 4.31 Å². The number of sulfonamides is 1. The van der Waals surface area contributed by atoms with E-state index in [0.29, 0.717) is 31.0 Å². The Morgan fingerprint density at radius 3 is 2.65 bits per heavy atom. The molecule has 0 N–H and O–H groups in total. The van der Waals surface area contributed by atoms with E-state index in [1.165, 1.54) is 4.31 Å². The lowest BCUT2D eigenvalue weighted by Gasteiger charge is -2.30. The molecule has 0 unspecified atom stereocenters.